The van der Waals surface area contributed by atoms with Crippen LogP contribution in [0.2, 0.25) is 0 Å². The van der Waals surface area contributed by atoms with Gasteiger partial charge in [0.15, 0.2) is 0 Å². The highest BCUT2D eigenvalue weighted by atomic mass is 16.5. The summed E-state index contributed by atoms with van der Waals surface area (Å²) in [6.07, 6.45) is 0. The van der Waals surface area contributed by atoms with Crippen molar-refractivity contribution in [1.29, 1.82) is 0 Å². The van der Waals surface area contributed by atoms with Crippen molar-refractivity contribution in [3.63, 3.8) is 0 Å². The molecule has 1 atom stereocenters. The van der Waals surface area contributed by atoms with Crippen LogP contribution in [0.15, 0.2) is 60.7 Å². The minimum Gasteiger partial charge on any atom is -0.497 e. The molecule has 5 nitrogen and oxygen atoms in total. The Bertz CT molecular complexity index is 912. The van der Waals surface area contributed by atoms with Crippen molar-refractivity contribution >= 4 is 5.97 Å². The van der Waals surface area contributed by atoms with Crippen LogP contribution in [0.5, 0.6) is 11.5 Å². The second-order valence-corrected chi connectivity index (χ2v) is 5.94. The number of carboxylic acid groups (broad SMARTS) is 1. The Morgan fingerprint density at radius 2 is 1.65 bits per heavy atom. The van der Waals surface area contributed by atoms with E-state index in [1.54, 1.807) is 21.1 Å². The Hall–Kier alpha value is -3.21. The first-order valence-electron chi connectivity index (χ1n) is 8.29. The molecule has 1 heterocycles. The van der Waals surface area contributed by atoms with E-state index in [2.05, 4.69) is 0 Å². The van der Waals surface area contributed by atoms with Crippen LogP contribution in [0.3, 0.4) is 0 Å². The summed E-state index contributed by atoms with van der Waals surface area (Å²) in [4.78, 5) is 11.6. The van der Waals surface area contributed by atoms with E-state index in [4.69, 9.17) is 9.47 Å². The monoisotopic (exact) mass is 351 g/mol. The van der Waals surface area contributed by atoms with Crippen LogP contribution in [-0.4, -0.2) is 29.9 Å². The lowest BCUT2D eigenvalue weighted by molar-refractivity contribution is -0.138. The predicted octanol–water partition coefficient (Wildman–Crippen LogP) is 4.35. The molecule has 5 heteroatoms. The van der Waals surface area contributed by atoms with Gasteiger partial charge in [-0.2, -0.15) is 0 Å². The van der Waals surface area contributed by atoms with Crippen molar-refractivity contribution in [3.8, 4) is 28.4 Å². The molecule has 0 saturated carbocycles. The van der Waals surface area contributed by atoms with Gasteiger partial charge in [0.05, 0.1) is 31.5 Å². The number of methoxy groups -OCH3 is 2. The van der Waals surface area contributed by atoms with Gasteiger partial charge in [0.2, 0.25) is 0 Å². The maximum Gasteiger partial charge on any atom is 0.312 e. The Morgan fingerprint density at radius 1 is 0.962 bits per heavy atom. The molecule has 26 heavy (non-hydrogen) atoms. The van der Waals surface area contributed by atoms with Gasteiger partial charge in [0, 0.05) is 5.69 Å². The summed E-state index contributed by atoms with van der Waals surface area (Å²) in [5, 5.41) is 9.52. The van der Waals surface area contributed by atoms with E-state index >= 15 is 0 Å². The van der Waals surface area contributed by atoms with Gasteiger partial charge in [-0.1, -0.05) is 12.1 Å². The van der Waals surface area contributed by atoms with Crippen LogP contribution in [0.1, 0.15) is 18.5 Å². The zero-order chi connectivity index (χ0) is 18.7. The molecular weight excluding hydrogens is 330 g/mol. The van der Waals surface area contributed by atoms with Crippen molar-refractivity contribution in [1.82, 2.24) is 4.57 Å². The molecule has 0 radical (unpaired) electrons. The fourth-order valence-electron chi connectivity index (χ4n) is 2.99. The zero-order valence-corrected chi connectivity index (χ0v) is 15.0. The molecule has 0 amide bonds. The Labute approximate surface area is 152 Å². The van der Waals surface area contributed by atoms with E-state index < -0.39 is 11.9 Å². The molecule has 0 spiro atoms. The van der Waals surface area contributed by atoms with Crippen molar-refractivity contribution in [3.05, 3.63) is 66.4 Å². The molecule has 3 aromatic rings. The van der Waals surface area contributed by atoms with Crippen LogP contribution in [0.4, 0.5) is 0 Å². The van der Waals surface area contributed by atoms with E-state index in [9.17, 15) is 9.90 Å². The van der Waals surface area contributed by atoms with Crippen LogP contribution in [-0.2, 0) is 4.79 Å². The maximum atomic E-state index is 11.6. The topological polar surface area (TPSA) is 60.7 Å². The molecule has 0 aliphatic carbocycles. The Morgan fingerprint density at radius 3 is 2.27 bits per heavy atom. The Balaban J connectivity index is 2.23. The second-order valence-electron chi connectivity index (χ2n) is 5.94. The molecule has 3 rings (SSSR count). The molecule has 1 unspecified atom stereocenters. The largest absolute Gasteiger partial charge is 0.497 e. The van der Waals surface area contributed by atoms with Gasteiger partial charge in [0.25, 0.3) is 0 Å². The lowest BCUT2D eigenvalue weighted by Gasteiger charge is -2.18. The molecule has 0 aliphatic rings. The molecular formula is C21H21NO4. The van der Waals surface area contributed by atoms with Gasteiger partial charge in [0.1, 0.15) is 11.5 Å². The fourth-order valence-corrected chi connectivity index (χ4v) is 2.99. The molecule has 0 saturated heterocycles. The highest BCUT2D eigenvalue weighted by Gasteiger charge is 2.23. The number of hydrogen-bond acceptors (Lipinski definition) is 3. The molecule has 134 valence electrons. The fraction of sp³-hybridized carbons (Fsp3) is 0.190. The van der Waals surface area contributed by atoms with Crippen LogP contribution in [0, 0.1) is 0 Å². The van der Waals surface area contributed by atoms with Crippen molar-refractivity contribution in [2.24, 2.45) is 0 Å². The summed E-state index contributed by atoms with van der Waals surface area (Å²) in [7, 11) is 3.23. The summed E-state index contributed by atoms with van der Waals surface area (Å²) in [5.41, 5.74) is 3.34. The third-order valence-corrected chi connectivity index (χ3v) is 4.44. The first kappa shape index (κ1) is 17.6. The summed E-state index contributed by atoms with van der Waals surface area (Å²) < 4.78 is 12.7. The number of carboxylic acids is 1. The third kappa shape index (κ3) is 3.16. The first-order chi connectivity index (χ1) is 12.6. The van der Waals surface area contributed by atoms with Gasteiger partial charge in [-0.25, -0.2) is 0 Å². The predicted molar refractivity (Wildman–Crippen MR) is 100 cm³/mol. The number of hydrogen-bond donors (Lipinski definition) is 1. The lowest BCUT2D eigenvalue weighted by Crippen LogP contribution is -2.13. The number of ether oxygens (including phenoxy) is 2. The van der Waals surface area contributed by atoms with E-state index in [1.165, 1.54) is 0 Å². The van der Waals surface area contributed by atoms with Gasteiger partial charge in [-0.15, -0.1) is 0 Å². The Kier molecular flexibility index (Phi) is 4.98. The van der Waals surface area contributed by atoms with Gasteiger partial charge in [-0.3, -0.25) is 4.79 Å². The van der Waals surface area contributed by atoms with Gasteiger partial charge in [-0.05, 0) is 61.0 Å². The average molecular weight is 351 g/mol. The first-order valence-corrected chi connectivity index (χ1v) is 8.29. The summed E-state index contributed by atoms with van der Waals surface area (Å²) in [6.45, 7) is 1.68. The second kappa shape index (κ2) is 7.35. The summed E-state index contributed by atoms with van der Waals surface area (Å²) in [5.74, 6) is -0.0898. The molecule has 0 bridgehead atoms. The zero-order valence-electron chi connectivity index (χ0n) is 15.0. The minimum atomic E-state index is -0.875. The molecule has 0 fully saturated rings. The third-order valence-electron chi connectivity index (χ3n) is 4.44. The van der Waals surface area contributed by atoms with Crippen LogP contribution in [0.25, 0.3) is 16.9 Å². The summed E-state index contributed by atoms with van der Waals surface area (Å²) >= 11 is 0. The van der Waals surface area contributed by atoms with Crippen molar-refractivity contribution in [2.45, 2.75) is 12.8 Å². The quantitative estimate of drug-likeness (QED) is 0.717. The lowest BCUT2D eigenvalue weighted by atomic mass is 10.1. The smallest absolute Gasteiger partial charge is 0.312 e. The highest BCUT2D eigenvalue weighted by molar-refractivity contribution is 5.77. The normalized spacial score (nSPS) is 11.8. The van der Waals surface area contributed by atoms with Crippen molar-refractivity contribution < 1.29 is 19.4 Å². The minimum absolute atomic E-state index is 0.660. The van der Waals surface area contributed by atoms with E-state index in [0.29, 0.717) is 11.4 Å². The summed E-state index contributed by atoms with van der Waals surface area (Å²) in [6, 6.07) is 19.0. The number of para-hydroxylation sites is 2. The van der Waals surface area contributed by atoms with Gasteiger partial charge < -0.3 is 19.1 Å². The SMILES string of the molecule is COc1ccc(-c2ccc(C(C)C(=O)O)n2-c2ccccc2OC)cc1. The number of nitrogens with zero attached hydrogens (tertiary/aromatic N) is 1. The van der Waals surface area contributed by atoms with Crippen LogP contribution >= 0.6 is 0 Å². The number of benzene rings is 2. The van der Waals surface area contributed by atoms with E-state index in [1.807, 2.05) is 65.2 Å². The molecule has 1 aromatic heterocycles. The standard InChI is InChI=1S/C21H21NO4/c1-14(21(23)24)17-12-13-18(15-8-10-16(25-2)11-9-15)22(17)19-6-4-5-7-20(19)26-3/h4-14H,1-3H3,(H,23,24). The molecule has 1 N–H and O–H groups in total. The number of rotatable bonds is 6. The van der Waals surface area contributed by atoms with Crippen molar-refractivity contribution in [2.75, 3.05) is 14.2 Å². The molecule has 0 aliphatic heterocycles. The maximum absolute atomic E-state index is 11.6. The van der Waals surface area contributed by atoms with Crippen LogP contribution < -0.4 is 9.47 Å². The van der Waals surface area contributed by atoms with E-state index in [0.717, 1.165) is 22.7 Å². The number of aromatic nitrogens is 1. The average Bonchev–Trinajstić information content (AvgIpc) is 3.11. The van der Waals surface area contributed by atoms with E-state index in [-0.39, 0.29) is 0 Å². The number of carbonyl (C=O) groups is 1. The molecule has 2 aromatic carbocycles. The van der Waals surface area contributed by atoms with Gasteiger partial charge >= 0.3 is 5.97 Å². The highest BCUT2D eigenvalue weighted by Crippen LogP contribution is 2.34. The number of aliphatic carboxylic acids is 1.